The quantitative estimate of drug-likeness (QED) is 0.728. The number of likely N-dealkylation sites (N-methyl/N-ethyl adjacent to an activating group) is 1. The largest absolute Gasteiger partial charge is 0.467 e. The summed E-state index contributed by atoms with van der Waals surface area (Å²) < 4.78 is 5.37. The second kappa shape index (κ2) is 7.66. The number of nitrogens with one attached hydrogen (secondary N) is 1. The molecule has 1 amide bonds. The van der Waals surface area contributed by atoms with Crippen molar-refractivity contribution in [3.8, 4) is 0 Å². The van der Waals surface area contributed by atoms with E-state index in [1.807, 2.05) is 24.0 Å². The molecular formula is C19H23N5O2S. The number of rotatable bonds is 5. The van der Waals surface area contributed by atoms with Crippen LogP contribution in [0.1, 0.15) is 27.9 Å². The summed E-state index contributed by atoms with van der Waals surface area (Å²) in [6, 6.07) is 3.77. The number of fused-ring (bicyclic) bond motifs is 1. The molecule has 8 heteroatoms. The molecule has 1 aliphatic heterocycles. The molecule has 1 aliphatic rings. The molecule has 7 nitrogen and oxygen atoms in total. The van der Waals surface area contributed by atoms with Gasteiger partial charge in [-0.15, -0.1) is 11.3 Å². The Balaban J connectivity index is 1.58. The first-order valence-corrected chi connectivity index (χ1v) is 10.0. The molecule has 0 aromatic carbocycles. The van der Waals surface area contributed by atoms with E-state index in [9.17, 15) is 4.79 Å². The van der Waals surface area contributed by atoms with Crippen molar-refractivity contribution in [2.24, 2.45) is 0 Å². The van der Waals surface area contributed by atoms with E-state index in [-0.39, 0.29) is 5.91 Å². The van der Waals surface area contributed by atoms with E-state index in [4.69, 9.17) is 4.42 Å². The smallest absolute Gasteiger partial charge is 0.264 e. The van der Waals surface area contributed by atoms with E-state index < -0.39 is 0 Å². The van der Waals surface area contributed by atoms with Crippen molar-refractivity contribution in [2.45, 2.75) is 20.4 Å². The van der Waals surface area contributed by atoms with Gasteiger partial charge in [0.15, 0.2) is 0 Å². The molecule has 4 rings (SSSR count). The maximum absolute atomic E-state index is 13.1. The van der Waals surface area contributed by atoms with E-state index in [0.29, 0.717) is 6.54 Å². The number of hydrogen-bond acceptors (Lipinski definition) is 7. The van der Waals surface area contributed by atoms with Crippen molar-refractivity contribution in [2.75, 3.05) is 38.0 Å². The van der Waals surface area contributed by atoms with Gasteiger partial charge < -0.3 is 19.5 Å². The monoisotopic (exact) mass is 385 g/mol. The summed E-state index contributed by atoms with van der Waals surface area (Å²) in [6.45, 7) is 9.12. The first-order chi connectivity index (χ1) is 13.2. The highest BCUT2D eigenvalue weighted by Gasteiger charge is 2.26. The normalized spacial score (nSPS) is 15.4. The van der Waals surface area contributed by atoms with Crippen LogP contribution in [0.25, 0.3) is 10.2 Å². The van der Waals surface area contributed by atoms with E-state index in [1.54, 1.807) is 6.26 Å². The van der Waals surface area contributed by atoms with Gasteiger partial charge in [-0.05, 0) is 31.2 Å². The number of aromatic nitrogens is 2. The lowest BCUT2D eigenvalue weighted by Crippen LogP contribution is -2.48. The van der Waals surface area contributed by atoms with Gasteiger partial charge in [-0.1, -0.05) is 6.92 Å². The Morgan fingerprint density at radius 2 is 2.11 bits per heavy atom. The van der Waals surface area contributed by atoms with Crippen molar-refractivity contribution in [1.82, 2.24) is 19.8 Å². The van der Waals surface area contributed by atoms with Gasteiger partial charge in [-0.2, -0.15) is 0 Å². The van der Waals surface area contributed by atoms with Gasteiger partial charge in [0.05, 0.1) is 23.1 Å². The number of carbonyl (C=O) groups excluding carboxylic acids is 1. The molecule has 0 bridgehead atoms. The summed E-state index contributed by atoms with van der Waals surface area (Å²) in [6.07, 6.45) is 3.19. The van der Waals surface area contributed by atoms with Gasteiger partial charge in [0.2, 0.25) is 0 Å². The Bertz CT molecular complexity index is 929. The fraction of sp³-hybridized carbons (Fsp3) is 0.421. The lowest BCUT2D eigenvalue weighted by Gasteiger charge is -2.33. The maximum atomic E-state index is 13.1. The van der Waals surface area contributed by atoms with Crippen LogP contribution in [0.3, 0.4) is 0 Å². The highest BCUT2D eigenvalue weighted by atomic mass is 32.1. The summed E-state index contributed by atoms with van der Waals surface area (Å²) >= 11 is 1.45. The zero-order chi connectivity index (χ0) is 18.8. The molecule has 142 valence electrons. The SMILES string of the molecule is CCN1CCN(C(=O)c2sc3ncnc(NCc4ccco4)c3c2C)CC1. The van der Waals surface area contributed by atoms with Gasteiger partial charge in [-0.25, -0.2) is 9.97 Å². The van der Waals surface area contributed by atoms with Crippen LogP contribution in [0.5, 0.6) is 0 Å². The van der Waals surface area contributed by atoms with Crippen LogP contribution in [0.4, 0.5) is 5.82 Å². The Morgan fingerprint density at radius 1 is 1.30 bits per heavy atom. The summed E-state index contributed by atoms with van der Waals surface area (Å²) in [7, 11) is 0. The summed E-state index contributed by atoms with van der Waals surface area (Å²) in [5.74, 6) is 1.67. The molecule has 1 saturated heterocycles. The Labute approximate surface area is 162 Å². The number of piperazine rings is 1. The molecule has 1 N–H and O–H groups in total. The minimum atomic E-state index is 0.100. The van der Waals surface area contributed by atoms with Crippen molar-refractivity contribution >= 4 is 33.3 Å². The third kappa shape index (κ3) is 3.54. The molecule has 0 spiro atoms. The zero-order valence-electron chi connectivity index (χ0n) is 15.6. The highest BCUT2D eigenvalue weighted by Crippen LogP contribution is 2.34. The molecule has 0 saturated carbocycles. The fourth-order valence-electron chi connectivity index (χ4n) is 3.40. The second-order valence-electron chi connectivity index (χ2n) is 6.62. The molecule has 0 atom stereocenters. The molecule has 0 aliphatic carbocycles. The third-order valence-corrected chi connectivity index (χ3v) is 6.23. The predicted molar refractivity (Wildman–Crippen MR) is 106 cm³/mol. The number of amides is 1. The van der Waals surface area contributed by atoms with Crippen molar-refractivity contribution in [1.29, 1.82) is 0 Å². The van der Waals surface area contributed by atoms with Gasteiger partial charge in [0.25, 0.3) is 5.91 Å². The van der Waals surface area contributed by atoms with E-state index in [1.165, 1.54) is 17.7 Å². The van der Waals surface area contributed by atoms with E-state index in [2.05, 4.69) is 27.1 Å². The van der Waals surface area contributed by atoms with E-state index >= 15 is 0 Å². The lowest BCUT2D eigenvalue weighted by atomic mass is 10.1. The van der Waals surface area contributed by atoms with Gasteiger partial charge in [0.1, 0.15) is 22.7 Å². The number of nitrogens with zero attached hydrogens (tertiary/aromatic N) is 4. The summed E-state index contributed by atoms with van der Waals surface area (Å²) in [5, 5.41) is 4.23. The average Bonchev–Trinajstić information content (AvgIpc) is 3.34. The number of hydrogen-bond donors (Lipinski definition) is 1. The molecule has 27 heavy (non-hydrogen) atoms. The van der Waals surface area contributed by atoms with Crippen LogP contribution in [0.2, 0.25) is 0 Å². The average molecular weight is 385 g/mol. The summed E-state index contributed by atoms with van der Waals surface area (Å²) in [5.41, 5.74) is 0.945. The lowest BCUT2D eigenvalue weighted by molar-refractivity contribution is 0.0647. The first-order valence-electron chi connectivity index (χ1n) is 9.19. The molecular weight excluding hydrogens is 362 g/mol. The van der Waals surface area contributed by atoms with Crippen molar-refractivity contribution in [3.05, 3.63) is 40.9 Å². The summed E-state index contributed by atoms with van der Waals surface area (Å²) in [4.78, 5) is 27.8. The number of aryl methyl sites for hydroxylation is 1. The minimum Gasteiger partial charge on any atom is -0.467 e. The van der Waals surface area contributed by atoms with Gasteiger partial charge in [0, 0.05) is 26.2 Å². The standard InChI is InChI=1S/C19H23N5O2S/c1-3-23-6-8-24(9-7-23)19(25)16-13(2)15-17(21-12-22-18(15)27-16)20-11-14-5-4-10-26-14/h4-5,10,12H,3,6-9,11H2,1-2H3,(H,20,21,22). The van der Waals surface area contributed by atoms with Crippen LogP contribution < -0.4 is 5.32 Å². The molecule has 3 aromatic heterocycles. The van der Waals surface area contributed by atoms with Crippen LogP contribution in [0.15, 0.2) is 29.1 Å². The van der Waals surface area contributed by atoms with Crippen LogP contribution in [0, 0.1) is 6.92 Å². The third-order valence-electron chi connectivity index (χ3n) is 5.04. The Kier molecular flexibility index (Phi) is 5.09. The topological polar surface area (TPSA) is 74.5 Å². The molecule has 3 aromatic rings. The number of thiophene rings is 1. The zero-order valence-corrected chi connectivity index (χ0v) is 16.4. The number of carbonyl (C=O) groups is 1. The Morgan fingerprint density at radius 3 is 2.81 bits per heavy atom. The number of furan rings is 1. The van der Waals surface area contributed by atoms with Gasteiger partial charge >= 0.3 is 0 Å². The number of anilines is 1. The molecule has 0 radical (unpaired) electrons. The maximum Gasteiger partial charge on any atom is 0.264 e. The molecule has 1 fully saturated rings. The van der Waals surface area contributed by atoms with Crippen molar-refractivity contribution < 1.29 is 9.21 Å². The Hall–Kier alpha value is -2.45. The minimum absolute atomic E-state index is 0.100. The first kappa shape index (κ1) is 17.9. The van der Waals surface area contributed by atoms with Crippen LogP contribution in [-0.2, 0) is 6.54 Å². The fourth-order valence-corrected chi connectivity index (χ4v) is 4.52. The van der Waals surface area contributed by atoms with Crippen molar-refractivity contribution in [3.63, 3.8) is 0 Å². The second-order valence-corrected chi connectivity index (χ2v) is 7.62. The van der Waals surface area contributed by atoms with Crippen LogP contribution >= 0.6 is 11.3 Å². The predicted octanol–water partition coefficient (Wildman–Crippen LogP) is 2.98. The molecule has 4 heterocycles. The van der Waals surface area contributed by atoms with Gasteiger partial charge in [-0.3, -0.25) is 4.79 Å². The van der Waals surface area contributed by atoms with Crippen LogP contribution in [-0.4, -0.2) is 58.4 Å². The molecule has 0 unspecified atom stereocenters. The highest BCUT2D eigenvalue weighted by molar-refractivity contribution is 7.20. The van der Waals surface area contributed by atoms with E-state index in [0.717, 1.165) is 65.0 Å².